The SMILES string of the molecule is CC(OC(=O)c1cc(S(C)(=O)=O)ccc1Cl)C(=O)NC1CCCc2ccccc21. The Kier molecular flexibility index (Phi) is 6.29. The third-order valence-corrected chi connectivity index (χ3v) is 6.36. The summed E-state index contributed by atoms with van der Waals surface area (Å²) >= 11 is 6.02. The molecule has 3 rings (SSSR count). The number of fused-ring (bicyclic) bond motifs is 1. The summed E-state index contributed by atoms with van der Waals surface area (Å²) in [6.45, 7) is 1.47. The average molecular weight is 436 g/mol. The number of benzene rings is 2. The highest BCUT2D eigenvalue weighted by atomic mass is 35.5. The minimum Gasteiger partial charge on any atom is -0.449 e. The Morgan fingerprint density at radius 2 is 1.93 bits per heavy atom. The minimum atomic E-state index is -3.51. The predicted molar refractivity (Wildman–Crippen MR) is 110 cm³/mol. The Balaban J connectivity index is 1.70. The summed E-state index contributed by atoms with van der Waals surface area (Å²) in [7, 11) is -3.51. The van der Waals surface area contributed by atoms with Gasteiger partial charge in [0, 0.05) is 6.26 Å². The number of esters is 1. The predicted octanol–water partition coefficient (Wildman–Crippen LogP) is 3.48. The summed E-state index contributed by atoms with van der Waals surface area (Å²) in [5.41, 5.74) is 2.19. The summed E-state index contributed by atoms with van der Waals surface area (Å²) in [5, 5.41) is 2.99. The van der Waals surface area contributed by atoms with Crippen molar-refractivity contribution in [2.75, 3.05) is 6.26 Å². The molecule has 1 aliphatic carbocycles. The Labute approximate surface area is 175 Å². The van der Waals surface area contributed by atoms with Gasteiger partial charge in [0.15, 0.2) is 15.9 Å². The van der Waals surface area contributed by atoms with E-state index in [9.17, 15) is 18.0 Å². The largest absolute Gasteiger partial charge is 0.449 e. The van der Waals surface area contributed by atoms with Gasteiger partial charge in [-0.15, -0.1) is 0 Å². The highest BCUT2D eigenvalue weighted by molar-refractivity contribution is 7.90. The van der Waals surface area contributed by atoms with Crippen LogP contribution in [0, 0.1) is 0 Å². The van der Waals surface area contributed by atoms with Crippen LogP contribution in [0.2, 0.25) is 5.02 Å². The summed E-state index contributed by atoms with van der Waals surface area (Å²) in [6.07, 6.45) is 2.72. The first-order chi connectivity index (χ1) is 13.7. The lowest BCUT2D eigenvalue weighted by Crippen LogP contribution is -2.39. The molecule has 0 heterocycles. The van der Waals surface area contributed by atoms with Crippen LogP contribution in [-0.4, -0.2) is 32.7 Å². The second kappa shape index (κ2) is 8.55. The normalized spacial score (nSPS) is 17.1. The van der Waals surface area contributed by atoms with E-state index in [2.05, 4.69) is 5.32 Å². The molecule has 2 aromatic rings. The van der Waals surface area contributed by atoms with Crippen LogP contribution in [0.5, 0.6) is 0 Å². The summed E-state index contributed by atoms with van der Waals surface area (Å²) in [5.74, 6) is -1.28. The van der Waals surface area contributed by atoms with Crippen LogP contribution in [0.4, 0.5) is 0 Å². The van der Waals surface area contributed by atoms with E-state index in [0.717, 1.165) is 37.1 Å². The highest BCUT2D eigenvalue weighted by Gasteiger charge is 2.26. The van der Waals surface area contributed by atoms with E-state index in [0.29, 0.717) is 0 Å². The van der Waals surface area contributed by atoms with Gasteiger partial charge in [-0.05, 0) is 55.5 Å². The quantitative estimate of drug-likeness (QED) is 0.726. The van der Waals surface area contributed by atoms with Gasteiger partial charge in [-0.3, -0.25) is 4.79 Å². The van der Waals surface area contributed by atoms with Gasteiger partial charge < -0.3 is 10.1 Å². The number of amides is 1. The molecule has 0 aromatic heterocycles. The van der Waals surface area contributed by atoms with Crippen molar-refractivity contribution < 1.29 is 22.7 Å². The van der Waals surface area contributed by atoms with Crippen molar-refractivity contribution in [3.63, 3.8) is 0 Å². The van der Waals surface area contributed by atoms with Gasteiger partial charge >= 0.3 is 5.97 Å². The Hall–Kier alpha value is -2.38. The number of carbonyl (C=O) groups is 2. The van der Waals surface area contributed by atoms with E-state index in [1.807, 2.05) is 24.3 Å². The molecule has 0 radical (unpaired) electrons. The molecular weight excluding hydrogens is 414 g/mol. The lowest BCUT2D eigenvalue weighted by molar-refractivity contribution is -0.130. The molecule has 2 unspecified atom stereocenters. The fourth-order valence-corrected chi connectivity index (χ4v) is 4.20. The molecule has 0 bridgehead atoms. The van der Waals surface area contributed by atoms with Crippen LogP contribution >= 0.6 is 11.6 Å². The average Bonchev–Trinajstić information content (AvgIpc) is 2.67. The highest BCUT2D eigenvalue weighted by Crippen LogP contribution is 2.29. The van der Waals surface area contributed by atoms with Gasteiger partial charge in [0.25, 0.3) is 5.91 Å². The number of carbonyl (C=O) groups excluding carboxylic acids is 2. The molecule has 154 valence electrons. The first kappa shape index (κ1) is 21.3. The van der Waals surface area contributed by atoms with Crippen LogP contribution in [0.3, 0.4) is 0 Å². The second-order valence-electron chi connectivity index (χ2n) is 7.11. The molecule has 1 N–H and O–H groups in total. The molecule has 8 heteroatoms. The van der Waals surface area contributed by atoms with Crippen molar-refractivity contribution in [1.82, 2.24) is 5.32 Å². The number of hydrogen-bond acceptors (Lipinski definition) is 5. The summed E-state index contributed by atoms with van der Waals surface area (Å²) in [6, 6.07) is 11.6. The monoisotopic (exact) mass is 435 g/mol. The topological polar surface area (TPSA) is 89.5 Å². The van der Waals surface area contributed by atoms with Gasteiger partial charge in [-0.1, -0.05) is 35.9 Å². The zero-order valence-corrected chi connectivity index (χ0v) is 17.7. The maximum absolute atomic E-state index is 12.6. The Bertz CT molecular complexity index is 1050. The molecule has 6 nitrogen and oxygen atoms in total. The number of halogens is 1. The molecule has 2 atom stereocenters. The molecule has 2 aromatic carbocycles. The first-order valence-corrected chi connectivity index (χ1v) is 11.5. The molecule has 1 aliphatic rings. The zero-order valence-electron chi connectivity index (χ0n) is 16.1. The second-order valence-corrected chi connectivity index (χ2v) is 9.54. The number of nitrogens with one attached hydrogen (secondary N) is 1. The molecule has 0 saturated heterocycles. The number of hydrogen-bond donors (Lipinski definition) is 1. The van der Waals surface area contributed by atoms with Gasteiger partial charge in [-0.2, -0.15) is 0 Å². The molecule has 0 fully saturated rings. The molecule has 0 saturated carbocycles. The summed E-state index contributed by atoms with van der Waals surface area (Å²) in [4.78, 5) is 25.0. The van der Waals surface area contributed by atoms with Gasteiger partial charge in [-0.25, -0.2) is 13.2 Å². The standard InChI is InChI=1S/C21H22ClNO5S/c1-13(20(24)23-19-9-5-7-14-6-3-4-8-16(14)19)28-21(25)17-12-15(29(2,26)27)10-11-18(17)22/h3-4,6,8,10-13,19H,5,7,9H2,1-2H3,(H,23,24). The molecule has 0 spiro atoms. The van der Waals surface area contributed by atoms with Crippen LogP contribution in [0.1, 0.15) is 47.3 Å². The molecular formula is C21H22ClNO5S. The number of ether oxygens (including phenoxy) is 1. The van der Waals surface area contributed by atoms with E-state index in [4.69, 9.17) is 16.3 Å². The molecule has 29 heavy (non-hydrogen) atoms. The van der Waals surface area contributed by atoms with Crippen molar-refractivity contribution in [2.45, 2.75) is 43.2 Å². The lowest BCUT2D eigenvalue weighted by atomic mass is 9.87. The maximum Gasteiger partial charge on any atom is 0.340 e. The van der Waals surface area contributed by atoms with E-state index in [-0.39, 0.29) is 21.5 Å². The Morgan fingerprint density at radius 1 is 1.21 bits per heavy atom. The lowest BCUT2D eigenvalue weighted by Gasteiger charge is -2.27. The molecule has 0 aliphatic heterocycles. The minimum absolute atomic E-state index is 0.0511. The first-order valence-electron chi connectivity index (χ1n) is 9.25. The van der Waals surface area contributed by atoms with E-state index in [1.165, 1.54) is 24.6 Å². The van der Waals surface area contributed by atoms with Gasteiger partial charge in [0.05, 0.1) is 21.5 Å². The fourth-order valence-electron chi connectivity index (χ4n) is 3.36. The molecule has 1 amide bonds. The number of aryl methyl sites for hydroxylation is 1. The Morgan fingerprint density at radius 3 is 2.66 bits per heavy atom. The van der Waals surface area contributed by atoms with Crippen LogP contribution in [-0.2, 0) is 25.8 Å². The zero-order chi connectivity index (χ0) is 21.2. The third-order valence-electron chi connectivity index (χ3n) is 4.92. The van der Waals surface area contributed by atoms with Gasteiger partial charge in [0.1, 0.15) is 0 Å². The summed E-state index contributed by atoms with van der Waals surface area (Å²) < 4.78 is 28.7. The fraction of sp³-hybridized carbons (Fsp3) is 0.333. The van der Waals surface area contributed by atoms with Crippen molar-refractivity contribution in [3.05, 3.63) is 64.2 Å². The third kappa shape index (κ3) is 4.97. The smallest absolute Gasteiger partial charge is 0.340 e. The van der Waals surface area contributed by atoms with Gasteiger partial charge in [0.2, 0.25) is 0 Å². The van der Waals surface area contributed by atoms with E-state index < -0.39 is 27.8 Å². The van der Waals surface area contributed by atoms with Crippen LogP contribution in [0.15, 0.2) is 47.4 Å². The van der Waals surface area contributed by atoms with E-state index >= 15 is 0 Å². The van der Waals surface area contributed by atoms with Crippen molar-refractivity contribution >= 4 is 33.3 Å². The van der Waals surface area contributed by atoms with Crippen molar-refractivity contribution in [1.29, 1.82) is 0 Å². The number of sulfone groups is 1. The number of rotatable bonds is 5. The van der Waals surface area contributed by atoms with E-state index in [1.54, 1.807) is 0 Å². The maximum atomic E-state index is 12.6. The van der Waals surface area contributed by atoms with Crippen LogP contribution in [0.25, 0.3) is 0 Å². The van der Waals surface area contributed by atoms with Crippen molar-refractivity contribution in [3.8, 4) is 0 Å². The van der Waals surface area contributed by atoms with Crippen LogP contribution < -0.4 is 5.32 Å². The van der Waals surface area contributed by atoms with Crippen molar-refractivity contribution in [2.24, 2.45) is 0 Å².